The SMILES string of the molecule is CC[C@@H](c1ccccc1)N1c2ccccc2C=C(CNS(=O)(=O)CC)C1c1ccccc1. The van der Waals surface area contributed by atoms with Gasteiger partial charge < -0.3 is 4.90 Å². The van der Waals surface area contributed by atoms with Gasteiger partial charge in [-0.2, -0.15) is 0 Å². The molecule has 1 unspecified atom stereocenters. The van der Waals surface area contributed by atoms with Crippen molar-refractivity contribution >= 4 is 21.8 Å². The Morgan fingerprint density at radius 3 is 2.16 bits per heavy atom. The highest BCUT2D eigenvalue weighted by atomic mass is 32.2. The first kappa shape index (κ1) is 22.3. The molecule has 0 saturated carbocycles. The number of hydrogen-bond donors (Lipinski definition) is 1. The van der Waals surface area contributed by atoms with Gasteiger partial charge in [0.25, 0.3) is 0 Å². The van der Waals surface area contributed by atoms with Crippen LogP contribution in [0.4, 0.5) is 5.69 Å². The summed E-state index contributed by atoms with van der Waals surface area (Å²) in [4.78, 5) is 2.47. The molecule has 166 valence electrons. The molecule has 0 bridgehead atoms. The van der Waals surface area contributed by atoms with Crippen molar-refractivity contribution in [3.63, 3.8) is 0 Å². The number of sulfonamides is 1. The molecule has 3 aromatic rings. The normalized spacial score (nSPS) is 16.9. The van der Waals surface area contributed by atoms with Crippen LogP contribution in [0, 0.1) is 0 Å². The lowest BCUT2D eigenvalue weighted by Gasteiger charge is -2.44. The summed E-state index contributed by atoms with van der Waals surface area (Å²) in [7, 11) is -3.31. The zero-order valence-electron chi connectivity index (χ0n) is 18.6. The van der Waals surface area contributed by atoms with Crippen molar-refractivity contribution in [2.45, 2.75) is 32.4 Å². The standard InChI is InChI=1S/C27H30N2O2S/c1-3-25(21-13-7-5-8-14-21)29-26-18-12-11-17-23(26)19-24(20-28-32(30,31)4-2)27(29)22-15-9-6-10-16-22/h5-19,25,27-28H,3-4,20H2,1-2H3/t25-,27?/m0/s1. The van der Waals surface area contributed by atoms with Gasteiger partial charge in [0.2, 0.25) is 10.0 Å². The summed E-state index contributed by atoms with van der Waals surface area (Å²) < 4.78 is 27.3. The summed E-state index contributed by atoms with van der Waals surface area (Å²) >= 11 is 0. The monoisotopic (exact) mass is 446 g/mol. The predicted octanol–water partition coefficient (Wildman–Crippen LogP) is 5.72. The maximum absolute atomic E-state index is 12.3. The second kappa shape index (κ2) is 9.72. The Balaban J connectivity index is 1.88. The Bertz CT molecular complexity index is 1170. The van der Waals surface area contributed by atoms with Crippen LogP contribution < -0.4 is 9.62 Å². The molecular formula is C27H30N2O2S. The molecule has 5 heteroatoms. The number of nitrogens with one attached hydrogen (secondary N) is 1. The van der Waals surface area contributed by atoms with E-state index in [4.69, 9.17) is 0 Å². The first-order valence-corrected chi connectivity index (χ1v) is 12.8. The van der Waals surface area contributed by atoms with E-state index < -0.39 is 10.0 Å². The third-order valence-electron chi connectivity index (χ3n) is 6.08. The molecule has 0 aliphatic carbocycles. The minimum atomic E-state index is -3.31. The fourth-order valence-electron chi connectivity index (χ4n) is 4.51. The summed E-state index contributed by atoms with van der Waals surface area (Å²) in [5.74, 6) is 0.0676. The zero-order valence-corrected chi connectivity index (χ0v) is 19.4. The second-order valence-electron chi connectivity index (χ2n) is 8.06. The Labute approximate surface area is 191 Å². The molecule has 0 amide bonds. The Kier molecular flexibility index (Phi) is 6.77. The van der Waals surface area contributed by atoms with Crippen LogP contribution in [0.25, 0.3) is 6.08 Å². The van der Waals surface area contributed by atoms with Crippen LogP contribution in [-0.4, -0.2) is 20.7 Å². The van der Waals surface area contributed by atoms with Gasteiger partial charge in [0.15, 0.2) is 0 Å². The molecule has 4 rings (SSSR count). The van der Waals surface area contributed by atoms with Gasteiger partial charge in [0.05, 0.1) is 17.8 Å². The number of anilines is 1. The van der Waals surface area contributed by atoms with Crippen LogP contribution >= 0.6 is 0 Å². The van der Waals surface area contributed by atoms with Crippen molar-refractivity contribution in [3.8, 4) is 0 Å². The zero-order chi connectivity index (χ0) is 22.6. The quantitative estimate of drug-likeness (QED) is 0.481. The Morgan fingerprint density at radius 2 is 1.50 bits per heavy atom. The first-order valence-electron chi connectivity index (χ1n) is 11.2. The van der Waals surface area contributed by atoms with E-state index in [1.54, 1.807) is 6.92 Å². The lowest BCUT2D eigenvalue weighted by Crippen LogP contribution is -2.39. The number of hydrogen-bond acceptors (Lipinski definition) is 3. The molecule has 1 heterocycles. The smallest absolute Gasteiger partial charge is 0.211 e. The van der Waals surface area contributed by atoms with Gasteiger partial charge in [-0.1, -0.05) is 85.8 Å². The van der Waals surface area contributed by atoms with Crippen molar-refractivity contribution in [1.82, 2.24) is 4.72 Å². The Hall–Kier alpha value is -2.89. The van der Waals surface area contributed by atoms with Crippen LogP contribution in [0.1, 0.15) is 49.0 Å². The summed E-state index contributed by atoms with van der Waals surface area (Å²) in [5, 5.41) is 0. The van der Waals surface area contributed by atoms with E-state index in [0.717, 1.165) is 23.1 Å². The van der Waals surface area contributed by atoms with Crippen LogP contribution in [0.15, 0.2) is 90.5 Å². The molecule has 3 aromatic carbocycles. The summed E-state index contributed by atoms with van der Waals surface area (Å²) in [5.41, 5.74) is 5.72. The van der Waals surface area contributed by atoms with Crippen LogP contribution in [0.2, 0.25) is 0 Å². The van der Waals surface area contributed by atoms with Crippen LogP contribution in [-0.2, 0) is 10.0 Å². The molecule has 1 aliphatic rings. The van der Waals surface area contributed by atoms with E-state index in [1.807, 2.05) is 30.3 Å². The van der Waals surface area contributed by atoms with Crippen molar-refractivity contribution in [1.29, 1.82) is 0 Å². The fourth-order valence-corrected chi connectivity index (χ4v) is 5.10. The predicted molar refractivity (Wildman–Crippen MR) is 133 cm³/mol. The van der Waals surface area contributed by atoms with E-state index in [0.29, 0.717) is 0 Å². The molecule has 0 spiro atoms. The van der Waals surface area contributed by atoms with E-state index >= 15 is 0 Å². The molecular weight excluding hydrogens is 416 g/mol. The highest BCUT2D eigenvalue weighted by Gasteiger charge is 2.34. The lowest BCUT2D eigenvalue weighted by atomic mass is 9.87. The van der Waals surface area contributed by atoms with Crippen molar-refractivity contribution in [3.05, 3.63) is 107 Å². The second-order valence-corrected chi connectivity index (χ2v) is 10.2. The van der Waals surface area contributed by atoms with Crippen LogP contribution in [0.3, 0.4) is 0 Å². The van der Waals surface area contributed by atoms with E-state index in [1.165, 1.54) is 11.3 Å². The minimum absolute atomic E-state index is 0.0676. The minimum Gasteiger partial charge on any atom is -0.353 e. The first-order chi connectivity index (χ1) is 15.5. The molecule has 0 saturated heterocycles. The van der Waals surface area contributed by atoms with E-state index in [2.05, 4.69) is 77.2 Å². The van der Waals surface area contributed by atoms with E-state index in [-0.39, 0.29) is 24.4 Å². The molecule has 0 aromatic heterocycles. The highest BCUT2D eigenvalue weighted by molar-refractivity contribution is 7.89. The maximum Gasteiger partial charge on any atom is 0.211 e. The van der Waals surface area contributed by atoms with Gasteiger partial charge >= 0.3 is 0 Å². The average molecular weight is 447 g/mol. The molecule has 1 N–H and O–H groups in total. The highest BCUT2D eigenvalue weighted by Crippen LogP contribution is 2.46. The number of benzene rings is 3. The topological polar surface area (TPSA) is 49.4 Å². The third kappa shape index (κ3) is 4.64. The van der Waals surface area contributed by atoms with Crippen molar-refractivity contribution in [2.24, 2.45) is 0 Å². The largest absolute Gasteiger partial charge is 0.353 e. The Morgan fingerprint density at radius 1 is 0.875 bits per heavy atom. The molecule has 2 atom stereocenters. The van der Waals surface area contributed by atoms with Gasteiger partial charge in [-0.3, -0.25) is 0 Å². The summed E-state index contributed by atoms with van der Waals surface area (Å²) in [6, 6.07) is 29.4. The molecule has 0 fully saturated rings. The van der Waals surface area contributed by atoms with Gasteiger partial charge in [-0.15, -0.1) is 0 Å². The average Bonchev–Trinajstić information content (AvgIpc) is 2.84. The maximum atomic E-state index is 12.3. The fraction of sp³-hybridized carbons (Fsp3) is 0.259. The number of nitrogens with zero attached hydrogens (tertiary/aromatic N) is 1. The van der Waals surface area contributed by atoms with Gasteiger partial charge in [-0.25, -0.2) is 13.1 Å². The number of rotatable bonds is 8. The third-order valence-corrected chi connectivity index (χ3v) is 7.43. The number of para-hydroxylation sites is 1. The van der Waals surface area contributed by atoms with Gasteiger partial charge in [0.1, 0.15) is 0 Å². The summed E-state index contributed by atoms with van der Waals surface area (Å²) in [6.07, 6.45) is 3.08. The molecule has 0 radical (unpaired) electrons. The molecule has 1 aliphatic heterocycles. The lowest BCUT2D eigenvalue weighted by molar-refractivity contribution is 0.541. The van der Waals surface area contributed by atoms with Crippen molar-refractivity contribution < 1.29 is 8.42 Å². The molecule has 32 heavy (non-hydrogen) atoms. The van der Waals surface area contributed by atoms with Crippen molar-refractivity contribution in [2.75, 3.05) is 17.2 Å². The number of fused-ring (bicyclic) bond motifs is 1. The molecule has 4 nitrogen and oxygen atoms in total. The van der Waals surface area contributed by atoms with Crippen LogP contribution in [0.5, 0.6) is 0 Å². The van der Waals surface area contributed by atoms with Gasteiger partial charge in [-0.05, 0) is 47.8 Å². The summed E-state index contributed by atoms with van der Waals surface area (Å²) in [6.45, 7) is 4.16. The van der Waals surface area contributed by atoms with E-state index in [9.17, 15) is 8.42 Å². The van der Waals surface area contributed by atoms with Gasteiger partial charge in [0, 0.05) is 12.2 Å².